The van der Waals surface area contributed by atoms with E-state index < -0.39 is 15.8 Å². The Labute approximate surface area is 178 Å². The summed E-state index contributed by atoms with van der Waals surface area (Å²) in [4.78, 5) is 0.0267. The Kier molecular flexibility index (Phi) is 5.89. The highest BCUT2D eigenvalue weighted by Crippen LogP contribution is 2.34. The van der Waals surface area contributed by atoms with Crippen molar-refractivity contribution in [3.8, 4) is 11.5 Å². The molecule has 154 valence electrons. The van der Waals surface area contributed by atoms with E-state index in [0.717, 1.165) is 11.6 Å². The number of aromatic nitrogens is 2. The summed E-state index contributed by atoms with van der Waals surface area (Å²) in [6, 6.07) is 8.64. The van der Waals surface area contributed by atoms with Gasteiger partial charge in [0.2, 0.25) is 11.8 Å². The summed E-state index contributed by atoms with van der Waals surface area (Å²) in [7, 11) is -4.01. The molecule has 0 fully saturated rings. The Hall–Kier alpha value is -2.16. The lowest BCUT2D eigenvalue weighted by atomic mass is 9.87. The van der Waals surface area contributed by atoms with E-state index in [1.807, 2.05) is 20.8 Å². The van der Waals surface area contributed by atoms with Crippen LogP contribution in [0.2, 0.25) is 5.02 Å². The SMILES string of the molecule is CC(C)(C)c1ccc(S(=O)(=O)Nc2cc(F)c(Cl)cc2-c2nnc(CCl)o2)cc1. The highest BCUT2D eigenvalue weighted by Gasteiger charge is 2.22. The van der Waals surface area contributed by atoms with Crippen LogP contribution in [0.5, 0.6) is 0 Å². The van der Waals surface area contributed by atoms with E-state index in [1.54, 1.807) is 12.1 Å². The monoisotopic (exact) mass is 457 g/mol. The van der Waals surface area contributed by atoms with Gasteiger partial charge in [-0.3, -0.25) is 4.72 Å². The van der Waals surface area contributed by atoms with Gasteiger partial charge in [-0.1, -0.05) is 44.5 Å². The van der Waals surface area contributed by atoms with Crippen LogP contribution in [-0.4, -0.2) is 18.6 Å². The maximum absolute atomic E-state index is 14.1. The zero-order valence-corrected chi connectivity index (χ0v) is 18.2. The zero-order chi connectivity index (χ0) is 21.4. The van der Waals surface area contributed by atoms with E-state index in [0.29, 0.717) is 0 Å². The van der Waals surface area contributed by atoms with Gasteiger partial charge >= 0.3 is 0 Å². The summed E-state index contributed by atoms with van der Waals surface area (Å²) in [6.45, 7) is 6.07. The first-order chi connectivity index (χ1) is 13.5. The van der Waals surface area contributed by atoms with Crippen molar-refractivity contribution in [1.29, 1.82) is 0 Å². The summed E-state index contributed by atoms with van der Waals surface area (Å²) in [5.74, 6) is -0.728. The lowest BCUT2D eigenvalue weighted by Gasteiger charge is -2.19. The van der Waals surface area contributed by atoms with Crippen LogP contribution in [0.25, 0.3) is 11.5 Å². The second kappa shape index (κ2) is 7.93. The van der Waals surface area contributed by atoms with Gasteiger partial charge in [-0.05, 0) is 29.2 Å². The lowest BCUT2D eigenvalue weighted by molar-refractivity contribution is 0.527. The minimum Gasteiger partial charge on any atom is -0.419 e. The molecule has 1 heterocycles. The molecule has 0 radical (unpaired) electrons. The fraction of sp³-hybridized carbons (Fsp3) is 0.263. The van der Waals surface area contributed by atoms with Gasteiger partial charge in [0.25, 0.3) is 10.0 Å². The first kappa shape index (κ1) is 21.5. The number of nitrogens with zero attached hydrogens (tertiary/aromatic N) is 2. The molecule has 0 spiro atoms. The molecule has 0 saturated carbocycles. The third kappa shape index (κ3) is 4.71. The van der Waals surface area contributed by atoms with Crippen LogP contribution in [-0.2, 0) is 21.3 Å². The molecule has 3 aromatic rings. The largest absolute Gasteiger partial charge is 0.419 e. The number of alkyl halides is 1. The first-order valence-electron chi connectivity index (χ1n) is 8.52. The summed E-state index contributed by atoms with van der Waals surface area (Å²) < 4.78 is 47.5. The quantitative estimate of drug-likeness (QED) is 0.520. The topological polar surface area (TPSA) is 85.1 Å². The van der Waals surface area contributed by atoms with Gasteiger partial charge in [0.1, 0.15) is 11.7 Å². The number of anilines is 1. The van der Waals surface area contributed by atoms with E-state index in [2.05, 4.69) is 14.9 Å². The molecule has 0 aliphatic rings. The average Bonchev–Trinajstić information content (AvgIpc) is 3.12. The van der Waals surface area contributed by atoms with Gasteiger partial charge in [-0.2, -0.15) is 0 Å². The molecule has 0 amide bonds. The summed E-state index contributed by atoms with van der Waals surface area (Å²) in [6.07, 6.45) is 0. The Morgan fingerprint density at radius 1 is 1.14 bits per heavy atom. The number of benzene rings is 2. The van der Waals surface area contributed by atoms with Crippen molar-refractivity contribution >= 4 is 38.9 Å². The van der Waals surface area contributed by atoms with E-state index in [1.165, 1.54) is 18.2 Å². The third-order valence-corrected chi connectivity index (χ3v) is 6.05. The maximum atomic E-state index is 14.1. The Morgan fingerprint density at radius 3 is 2.34 bits per heavy atom. The Bertz CT molecular complexity index is 1140. The standard InChI is InChI=1S/C19H18Cl2FN3O3S/c1-19(2,3)11-4-6-12(7-5-11)29(26,27)25-16-9-15(22)14(21)8-13(16)18-24-23-17(10-20)28-18/h4-9,25H,10H2,1-3H3. The average molecular weight is 458 g/mol. The van der Waals surface area contributed by atoms with Gasteiger partial charge in [0, 0.05) is 6.07 Å². The van der Waals surface area contributed by atoms with Crippen LogP contribution in [0.4, 0.5) is 10.1 Å². The fourth-order valence-electron chi connectivity index (χ4n) is 2.56. The molecule has 0 unspecified atom stereocenters. The predicted octanol–water partition coefficient (Wildman–Crippen LogP) is 5.37. The summed E-state index contributed by atoms with van der Waals surface area (Å²) in [5, 5.41) is 7.32. The van der Waals surface area contributed by atoms with Gasteiger partial charge in [-0.25, -0.2) is 12.8 Å². The van der Waals surface area contributed by atoms with Crippen LogP contribution in [0.1, 0.15) is 32.2 Å². The van der Waals surface area contributed by atoms with Gasteiger partial charge in [0.15, 0.2) is 0 Å². The molecule has 6 nitrogen and oxygen atoms in total. The molecule has 0 saturated heterocycles. The maximum Gasteiger partial charge on any atom is 0.261 e. The molecular formula is C19H18Cl2FN3O3S. The second-order valence-electron chi connectivity index (χ2n) is 7.33. The second-order valence-corrected chi connectivity index (χ2v) is 9.68. The van der Waals surface area contributed by atoms with E-state index in [-0.39, 0.29) is 44.2 Å². The molecule has 0 atom stereocenters. The number of sulfonamides is 1. The van der Waals surface area contributed by atoms with Gasteiger partial charge in [0.05, 0.1) is 21.2 Å². The first-order valence-corrected chi connectivity index (χ1v) is 10.9. The van der Waals surface area contributed by atoms with Crippen molar-refractivity contribution in [2.45, 2.75) is 37.0 Å². The van der Waals surface area contributed by atoms with Crippen molar-refractivity contribution in [3.63, 3.8) is 0 Å². The minimum absolute atomic E-state index is 0.0247. The molecule has 29 heavy (non-hydrogen) atoms. The molecule has 1 aromatic heterocycles. The predicted molar refractivity (Wildman–Crippen MR) is 110 cm³/mol. The fourth-order valence-corrected chi connectivity index (χ4v) is 3.90. The highest BCUT2D eigenvalue weighted by atomic mass is 35.5. The number of rotatable bonds is 5. The smallest absolute Gasteiger partial charge is 0.261 e. The molecule has 1 N–H and O–H groups in total. The molecule has 10 heteroatoms. The molecule has 0 aliphatic heterocycles. The lowest BCUT2D eigenvalue weighted by Crippen LogP contribution is -2.15. The summed E-state index contributed by atoms with van der Waals surface area (Å²) >= 11 is 11.5. The van der Waals surface area contributed by atoms with Crippen molar-refractivity contribution in [2.75, 3.05) is 4.72 Å². The van der Waals surface area contributed by atoms with Crippen molar-refractivity contribution < 1.29 is 17.2 Å². The Morgan fingerprint density at radius 2 is 1.79 bits per heavy atom. The molecule has 2 aromatic carbocycles. The number of hydrogen-bond acceptors (Lipinski definition) is 5. The van der Waals surface area contributed by atoms with Crippen LogP contribution in [0.3, 0.4) is 0 Å². The number of nitrogens with one attached hydrogen (secondary N) is 1. The molecule has 3 rings (SSSR count). The van der Waals surface area contributed by atoms with E-state index in [4.69, 9.17) is 27.6 Å². The number of halogens is 3. The molecule has 0 aliphatic carbocycles. The minimum atomic E-state index is -4.01. The van der Waals surface area contributed by atoms with Gasteiger partial charge < -0.3 is 4.42 Å². The molecule has 0 bridgehead atoms. The van der Waals surface area contributed by atoms with Crippen LogP contribution >= 0.6 is 23.2 Å². The van der Waals surface area contributed by atoms with Crippen molar-refractivity contribution in [1.82, 2.24) is 10.2 Å². The Balaban J connectivity index is 2.01. The van der Waals surface area contributed by atoms with Crippen LogP contribution < -0.4 is 4.72 Å². The normalized spacial score (nSPS) is 12.2. The van der Waals surface area contributed by atoms with E-state index >= 15 is 0 Å². The summed E-state index contributed by atoms with van der Waals surface area (Å²) in [5.41, 5.74) is 0.904. The highest BCUT2D eigenvalue weighted by molar-refractivity contribution is 7.92. The number of hydrogen-bond donors (Lipinski definition) is 1. The zero-order valence-electron chi connectivity index (χ0n) is 15.8. The van der Waals surface area contributed by atoms with Crippen LogP contribution in [0.15, 0.2) is 45.7 Å². The molecular weight excluding hydrogens is 440 g/mol. The van der Waals surface area contributed by atoms with Gasteiger partial charge in [-0.15, -0.1) is 21.8 Å². The van der Waals surface area contributed by atoms with Crippen molar-refractivity contribution in [3.05, 3.63) is 58.7 Å². The van der Waals surface area contributed by atoms with Crippen molar-refractivity contribution in [2.24, 2.45) is 0 Å². The van der Waals surface area contributed by atoms with Crippen LogP contribution in [0, 0.1) is 5.82 Å². The van der Waals surface area contributed by atoms with E-state index in [9.17, 15) is 12.8 Å². The third-order valence-electron chi connectivity index (χ3n) is 4.15.